The molecule has 0 aromatic carbocycles. The van der Waals surface area contributed by atoms with E-state index in [1.165, 1.54) is 6.42 Å². The maximum Gasteiger partial charge on any atom is 0.243 e. The molecule has 0 aromatic heterocycles. The van der Waals surface area contributed by atoms with E-state index in [4.69, 9.17) is 4.74 Å². The highest BCUT2D eigenvalue weighted by Crippen LogP contribution is 2.33. The van der Waals surface area contributed by atoms with Crippen LogP contribution in [0.5, 0.6) is 0 Å². The molecule has 17 heavy (non-hydrogen) atoms. The van der Waals surface area contributed by atoms with Crippen LogP contribution >= 0.6 is 0 Å². The number of hydrogen-bond acceptors (Lipinski definition) is 3. The summed E-state index contributed by atoms with van der Waals surface area (Å²) < 4.78 is 5.26. The molecule has 0 bridgehead atoms. The van der Waals surface area contributed by atoms with Crippen LogP contribution in [0.2, 0.25) is 0 Å². The summed E-state index contributed by atoms with van der Waals surface area (Å²) in [6.07, 6.45) is 3.35. The van der Waals surface area contributed by atoms with Crippen LogP contribution in [-0.2, 0) is 9.53 Å². The smallest absolute Gasteiger partial charge is 0.243 e. The SMILES string of the molecule is CC1CCCN(C(=O)C2(C#N)CCOCC2)C1. The summed E-state index contributed by atoms with van der Waals surface area (Å²) in [5, 5.41) is 9.36. The van der Waals surface area contributed by atoms with Crippen molar-refractivity contribution in [2.24, 2.45) is 11.3 Å². The molecular weight excluding hydrogens is 216 g/mol. The van der Waals surface area contributed by atoms with Gasteiger partial charge in [0, 0.05) is 26.3 Å². The largest absolute Gasteiger partial charge is 0.381 e. The third-order valence-corrected chi connectivity index (χ3v) is 3.91. The molecule has 4 nitrogen and oxygen atoms in total. The summed E-state index contributed by atoms with van der Waals surface area (Å²) in [6, 6.07) is 2.26. The second-order valence-corrected chi connectivity index (χ2v) is 5.30. The van der Waals surface area contributed by atoms with Crippen molar-refractivity contribution >= 4 is 5.91 Å². The zero-order valence-corrected chi connectivity index (χ0v) is 10.4. The third kappa shape index (κ3) is 2.44. The summed E-state index contributed by atoms with van der Waals surface area (Å²) >= 11 is 0. The molecule has 2 saturated heterocycles. The number of piperidine rings is 1. The molecule has 0 aromatic rings. The first-order valence-corrected chi connectivity index (χ1v) is 6.46. The van der Waals surface area contributed by atoms with Gasteiger partial charge in [-0.05, 0) is 31.6 Å². The van der Waals surface area contributed by atoms with Crippen LogP contribution in [0.15, 0.2) is 0 Å². The van der Waals surface area contributed by atoms with Gasteiger partial charge in [-0.15, -0.1) is 0 Å². The van der Waals surface area contributed by atoms with E-state index in [9.17, 15) is 10.1 Å². The Hall–Kier alpha value is -1.08. The Morgan fingerprint density at radius 2 is 2.18 bits per heavy atom. The normalized spacial score (nSPS) is 28.5. The molecule has 2 aliphatic heterocycles. The van der Waals surface area contributed by atoms with Crippen LogP contribution in [-0.4, -0.2) is 37.1 Å². The summed E-state index contributed by atoms with van der Waals surface area (Å²) in [5.41, 5.74) is -0.810. The van der Waals surface area contributed by atoms with Gasteiger partial charge in [0.05, 0.1) is 6.07 Å². The van der Waals surface area contributed by atoms with Gasteiger partial charge in [0.1, 0.15) is 5.41 Å². The first kappa shape index (κ1) is 12.4. The highest BCUT2D eigenvalue weighted by Gasteiger charge is 2.43. The fraction of sp³-hybridized carbons (Fsp3) is 0.846. The maximum atomic E-state index is 12.5. The van der Waals surface area contributed by atoms with Gasteiger partial charge in [-0.2, -0.15) is 5.26 Å². The predicted octanol–water partition coefficient (Wildman–Crippen LogP) is 1.57. The fourth-order valence-electron chi connectivity index (χ4n) is 2.77. The first-order chi connectivity index (χ1) is 8.18. The molecule has 0 aliphatic carbocycles. The van der Waals surface area contributed by atoms with Crippen molar-refractivity contribution in [3.05, 3.63) is 0 Å². The Kier molecular flexibility index (Phi) is 3.68. The van der Waals surface area contributed by atoms with Crippen molar-refractivity contribution in [1.82, 2.24) is 4.90 Å². The van der Waals surface area contributed by atoms with E-state index < -0.39 is 5.41 Å². The molecule has 0 N–H and O–H groups in total. The van der Waals surface area contributed by atoms with Gasteiger partial charge in [-0.25, -0.2) is 0 Å². The highest BCUT2D eigenvalue weighted by atomic mass is 16.5. The van der Waals surface area contributed by atoms with E-state index in [1.54, 1.807) is 0 Å². The van der Waals surface area contributed by atoms with Crippen LogP contribution in [0.25, 0.3) is 0 Å². The van der Waals surface area contributed by atoms with Gasteiger partial charge in [-0.3, -0.25) is 4.79 Å². The Balaban J connectivity index is 2.09. The van der Waals surface area contributed by atoms with Crippen molar-refractivity contribution in [3.8, 4) is 6.07 Å². The van der Waals surface area contributed by atoms with Gasteiger partial charge in [0.15, 0.2) is 0 Å². The Morgan fingerprint density at radius 1 is 1.47 bits per heavy atom. The van der Waals surface area contributed by atoms with Gasteiger partial charge >= 0.3 is 0 Å². The van der Waals surface area contributed by atoms with E-state index in [1.807, 2.05) is 4.90 Å². The average molecular weight is 236 g/mol. The molecule has 0 saturated carbocycles. The highest BCUT2D eigenvalue weighted by molar-refractivity contribution is 5.85. The van der Waals surface area contributed by atoms with Crippen LogP contribution in [0.1, 0.15) is 32.6 Å². The molecule has 2 aliphatic rings. The van der Waals surface area contributed by atoms with E-state index in [0.29, 0.717) is 32.0 Å². The maximum absolute atomic E-state index is 12.5. The molecule has 94 valence electrons. The average Bonchev–Trinajstić information content (AvgIpc) is 2.38. The van der Waals surface area contributed by atoms with Gasteiger partial charge < -0.3 is 9.64 Å². The quantitative estimate of drug-likeness (QED) is 0.694. The van der Waals surface area contributed by atoms with Gasteiger partial charge in [0.25, 0.3) is 0 Å². The monoisotopic (exact) mass is 236 g/mol. The molecule has 1 atom stereocenters. The minimum absolute atomic E-state index is 0.0369. The number of amides is 1. The molecule has 2 rings (SSSR count). The molecule has 2 fully saturated rings. The molecule has 1 unspecified atom stereocenters. The zero-order valence-electron chi connectivity index (χ0n) is 10.4. The molecule has 4 heteroatoms. The second kappa shape index (κ2) is 5.05. The van der Waals surface area contributed by atoms with Gasteiger partial charge in [-0.1, -0.05) is 6.92 Å². The summed E-state index contributed by atoms with van der Waals surface area (Å²) in [6.45, 7) is 4.85. The van der Waals surface area contributed by atoms with Crippen molar-refractivity contribution in [2.75, 3.05) is 26.3 Å². The lowest BCUT2D eigenvalue weighted by Gasteiger charge is -2.38. The van der Waals surface area contributed by atoms with E-state index in [0.717, 1.165) is 19.5 Å². The molecule has 1 amide bonds. The number of likely N-dealkylation sites (tertiary alicyclic amines) is 1. The second-order valence-electron chi connectivity index (χ2n) is 5.30. The van der Waals surface area contributed by atoms with Crippen molar-refractivity contribution in [3.63, 3.8) is 0 Å². The summed E-state index contributed by atoms with van der Waals surface area (Å²) in [7, 11) is 0. The predicted molar refractivity (Wildman–Crippen MR) is 63.1 cm³/mol. The standard InChI is InChI=1S/C13H20N2O2/c1-11-3-2-6-15(9-11)12(16)13(10-14)4-7-17-8-5-13/h11H,2-9H2,1H3. The Bertz CT molecular complexity index is 329. The van der Waals surface area contributed by atoms with Crippen LogP contribution in [0, 0.1) is 22.7 Å². The fourth-order valence-corrected chi connectivity index (χ4v) is 2.77. The number of ether oxygens (including phenoxy) is 1. The number of nitrogens with zero attached hydrogens (tertiary/aromatic N) is 2. The van der Waals surface area contributed by atoms with Crippen molar-refractivity contribution in [1.29, 1.82) is 5.26 Å². The lowest BCUT2D eigenvalue weighted by molar-refractivity contribution is -0.145. The lowest BCUT2D eigenvalue weighted by atomic mass is 9.79. The first-order valence-electron chi connectivity index (χ1n) is 6.46. The number of carbonyl (C=O) groups excluding carboxylic acids is 1. The Morgan fingerprint density at radius 3 is 2.76 bits per heavy atom. The van der Waals surface area contributed by atoms with E-state index >= 15 is 0 Å². The topological polar surface area (TPSA) is 53.3 Å². The minimum atomic E-state index is -0.810. The number of carbonyl (C=O) groups is 1. The zero-order chi connectivity index (χ0) is 12.3. The molecule has 2 heterocycles. The van der Waals surface area contributed by atoms with Gasteiger partial charge in [0.2, 0.25) is 5.91 Å². The number of hydrogen-bond donors (Lipinski definition) is 0. The van der Waals surface area contributed by atoms with E-state index in [2.05, 4.69) is 13.0 Å². The van der Waals surface area contributed by atoms with E-state index in [-0.39, 0.29) is 5.91 Å². The lowest BCUT2D eigenvalue weighted by Crippen LogP contribution is -2.49. The van der Waals surface area contributed by atoms with Crippen LogP contribution < -0.4 is 0 Å². The van der Waals surface area contributed by atoms with Crippen molar-refractivity contribution in [2.45, 2.75) is 32.6 Å². The number of rotatable bonds is 1. The van der Waals surface area contributed by atoms with Crippen LogP contribution in [0.4, 0.5) is 0 Å². The van der Waals surface area contributed by atoms with Crippen molar-refractivity contribution < 1.29 is 9.53 Å². The van der Waals surface area contributed by atoms with Crippen LogP contribution in [0.3, 0.4) is 0 Å². The number of nitriles is 1. The summed E-state index contributed by atoms with van der Waals surface area (Å²) in [5.74, 6) is 0.595. The minimum Gasteiger partial charge on any atom is -0.381 e. The molecule has 0 spiro atoms. The Labute approximate surface area is 103 Å². The summed E-state index contributed by atoms with van der Waals surface area (Å²) in [4.78, 5) is 14.4. The molecule has 0 radical (unpaired) electrons. The third-order valence-electron chi connectivity index (χ3n) is 3.91. The molecular formula is C13H20N2O2.